The molecular weight excluding hydrogens is 401 g/mol. The summed E-state index contributed by atoms with van der Waals surface area (Å²) in [6.45, 7) is 3.64. The summed E-state index contributed by atoms with van der Waals surface area (Å²) < 4.78 is 5.62. The van der Waals surface area contributed by atoms with Gasteiger partial charge in [0.05, 0.1) is 0 Å². The lowest BCUT2D eigenvalue weighted by Crippen LogP contribution is -2.38. The van der Waals surface area contributed by atoms with E-state index < -0.39 is 0 Å². The van der Waals surface area contributed by atoms with Gasteiger partial charge in [-0.25, -0.2) is 0 Å². The Bertz CT molecular complexity index is 435. The summed E-state index contributed by atoms with van der Waals surface area (Å²) in [6, 6.07) is 10.6. The van der Waals surface area contributed by atoms with E-state index in [9.17, 15) is 0 Å². The van der Waals surface area contributed by atoms with Gasteiger partial charge < -0.3 is 15.4 Å². The first-order valence-corrected chi connectivity index (χ1v) is 8.44. The molecule has 0 saturated heterocycles. The molecule has 0 aromatic heterocycles. The average molecular weight is 431 g/mol. The zero-order valence-electron chi connectivity index (χ0n) is 14.1. The molecule has 4 nitrogen and oxygen atoms in total. The van der Waals surface area contributed by atoms with Crippen molar-refractivity contribution in [3.63, 3.8) is 0 Å². The number of ether oxygens (including phenoxy) is 1. The third-order valence-corrected chi connectivity index (χ3v) is 3.81. The molecule has 0 heterocycles. The van der Waals surface area contributed by atoms with Crippen LogP contribution in [0.2, 0.25) is 0 Å². The summed E-state index contributed by atoms with van der Waals surface area (Å²) >= 11 is 0. The van der Waals surface area contributed by atoms with Gasteiger partial charge in [0, 0.05) is 33.4 Å². The third-order valence-electron chi connectivity index (χ3n) is 3.81. The van der Waals surface area contributed by atoms with Gasteiger partial charge in [-0.3, -0.25) is 4.99 Å². The Morgan fingerprint density at radius 1 is 1.13 bits per heavy atom. The van der Waals surface area contributed by atoms with Gasteiger partial charge in [-0.1, -0.05) is 30.3 Å². The Hall–Kier alpha value is -0.820. The van der Waals surface area contributed by atoms with E-state index in [4.69, 9.17) is 4.74 Å². The lowest BCUT2D eigenvalue weighted by molar-refractivity contribution is 0.123. The van der Waals surface area contributed by atoms with Crippen molar-refractivity contribution in [1.82, 2.24) is 10.6 Å². The summed E-state index contributed by atoms with van der Waals surface area (Å²) in [5.74, 6) is 1.74. The van der Waals surface area contributed by atoms with Crippen LogP contribution in [0.25, 0.3) is 0 Å². The number of aliphatic imine (C=N–C) groups is 1. The maximum Gasteiger partial charge on any atom is 0.190 e. The van der Waals surface area contributed by atoms with E-state index in [-0.39, 0.29) is 24.0 Å². The first kappa shape index (κ1) is 20.2. The molecule has 2 N–H and O–H groups in total. The second-order valence-corrected chi connectivity index (χ2v) is 5.89. The van der Waals surface area contributed by atoms with E-state index in [0.29, 0.717) is 0 Å². The van der Waals surface area contributed by atoms with Crippen molar-refractivity contribution in [2.24, 2.45) is 10.9 Å². The van der Waals surface area contributed by atoms with Crippen molar-refractivity contribution < 1.29 is 4.74 Å². The van der Waals surface area contributed by atoms with Crippen molar-refractivity contribution in [2.45, 2.75) is 32.1 Å². The molecule has 0 atom stereocenters. The Balaban J connectivity index is 0.00000264. The van der Waals surface area contributed by atoms with Crippen molar-refractivity contribution in [2.75, 3.05) is 33.4 Å². The fourth-order valence-electron chi connectivity index (χ4n) is 2.28. The topological polar surface area (TPSA) is 45.7 Å². The highest BCUT2D eigenvalue weighted by Crippen LogP contribution is 2.28. The van der Waals surface area contributed by atoms with E-state index in [2.05, 4.69) is 46.0 Å². The van der Waals surface area contributed by atoms with E-state index in [1.165, 1.54) is 18.4 Å². The third kappa shape index (κ3) is 9.81. The van der Waals surface area contributed by atoms with E-state index in [1.807, 2.05) is 7.05 Å². The predicted octanol–water partition coefficient (Wildman–Crippen LogP) is 3.22. The summed E-state index contributed by atoms with van der Waals surface area (Å²) in [6.07, 6.45) is 5.95. The Labute approximate surface area is 157 Å². The largest absolute Gasteiger partial charge is 0.381 e. The number of halogens is 1. The maximum atomic E-state index is 5.62. The Kier molecular flexibility index (Phi) is 11.1. The van der Waals surface area contributed by atoms with Crippen LogP contribution in [-0.4, -0.2) is 39.3 Å². The molecule has 0 spiro atoms. The second kappa shape index (κ2) is 12.6. The highest BCUT2D eigenvalue weighted by molar-refractivity contribution is 14.0. The van der Waals surface area contributed by atoms with Gasteiger partial charge in [0.1, 0.15) is 0 Å². The first-order chi connectivity index (χ1) is 10.9. The zero-order chi connectivity index (χ0) is 15.5. The molecule has 1 saturated carbocycles. The molecule has 0 bridgehead atoms. The van der Waals surface area contributed by atoms with Crippen LogP contribution in [-0.2, 0) is 11.2 Å². The number of benzene rings is 1. The van der Waals surface area contributed by atoms with Crippen molar-refractivity contribution in [3.8, 4) is 0 Å². The van der Waals surface area contributed by atoms with E-state index in [0.717, 1.165) is 57.4 Å². The fraction of sp³-hybridized carbons (Fsp3) is 0.611. The van der Waals surface area contributed by atoms with Crippen LogP contribution in [0.5, 0.6) is 0 Å². The molecule has 1 aromatic rings. The van der Waals surface area contributed by atoms with Gasteiger partial charge in [-0.05, 0) is 43.6 Å². The highest BCUT2D eigenvalue weighted by Gasteiger charge is 2.20. The van der Waals surface area contributed by atoms with Gasteiger partial charge >= 0.3 is 0 Å². The van der Waals surface area contributed by atoms with Crippen LogP contribution in [0.1, 0.15) is 31.2 Å². The Morgan fingerprint density at radius 2 is 1.83 bits per heavy atom. The molecular formula is C18H30IN3O. The molecule has 130 valence electrons. The minimum Gasteiger partial charge on any atom is -0.381 e. The van der Waals surface area contributed by atoms with Crippen LogP contribution in [0.3, 0.4) is 0 Å². The maximum absolute atomic E-state index is 5.62. The fourth-order valence-corrected chi connectivity index (χ4v) is 2.28. The number of hydrogen-bond acceptors (Lipinski definition) is 2. The Morgan fingerprint density at radius 3 is 2.48 bits per heavy atom. The molecule has 0 unspecified atom stereocenters. The van der Waals surface area contributed by atoms with Gasteiger partial charge in [0.15, 0.2) is 5.96 Å². The molecule has 0 aliphatic heterocycles. The number of guanidine groups is 1. The standard InChI is InChI=1S/C18H29N3O.HI/c1-19-18(21-13-6-14-22-15-17-10-11-17)20-12-5-9-16-7-3-2-4-8-16;/h2-4,7-8,17H,5-6,9-15H2,1H3,(H2,19,20,21);1H. The van der Waals surface area contributed by atoms with Crippen molar-refractivity contribution in [3.05, 3.63) is 35.9 Å². The summed E-state index contributed by atoms with van der Waals surface area (Å²) in [5.41, 5.74) is 1.39. The second-order valence-electron chi connectivity index (χ2n) is 5.89. The van der Waals surface area contributed by atoms with Gasteiger partial charge in [0.25, 0.3) is 0 Å². The monoisotopic (exact) mass is 431 g/mol. The lowest BCUT2D eigenvalue weighted by atomic mass is 10.1. The van der Waals surface area contributed by atoms with Crippen LogP contribution < -0.4 is 10.6 Å². The van der Waals surface area contributed by atoms with Gasteiger partial charge in [-0.2, -0.15) is 0 Å². The highest BCUT2D eigenvalue weighted by atomic mass is 127. The molecule has 1 fully saturated rings. The first-order valence-electron chi connectivity index (χ1n) is 8.44. The molecule has 23 heavy (non-hydrogen) atoms. The molecule has 0 radical (unpaired) electrons. The molecule has 2 rings (SSSR count). The zero-order valence-corrected chi connectivity index (χ0v) is 16.4. The smallest absolute Gasteiger partial charge is 0.190 e. The van der Waals surface area contributed by atoms with E-state index in [1.54, 1.807) is 0 Å². The number of nitrogens with one attached hydrogen (secondary N) is 2. The number of nitrogens with zero attached hydrogens (tertiary/aromatic N) is 1. The van der Waals surface area contributed by atoms with Crippen LogP contribution in [0.15, 0.2) is 35.3 Å². The molecule has 0 amide bonds. The minimum atomic E-state index is 0. The number of rotatable bonds is 10. The summed E-state index contributed by atoms with van der Waals surface area (Å²) in [7, 11) is 1.82. The van der Waals surface area contributed by atoms with Crippen LogP contribution in [0, 0.1) is 5.92 Å². The summed E-state index contributed by atoms with van der Waals surface area (Å²) in [5, 5.41) is 6.69. The molecule has 1 aromatic carbocycles. The normalized spacial score (nSPS) is 14.2. The summed E-state index contributed by atoms with van der Waals surface area (Å²) in [4.78, 5) is 4.24. The molecule has 5 heteroatoms. The minimum absolute atomic E-state index is 0. The van der Waals surface area contributed by atoms with Gasteiger partial charge in [-0.15, -0.1) is 24.0 Å². The van der Waals surface area contributed by atoms with Crippen molar-refractivity contribution >= 4 is 29.9 Å². The van der Waals surface area contributed by atoms with Gasteiger partial charge in [0.2, 0.25) is 0 Å². The SMILES string of the molecule is CN=C(NCCCOCC1CC1)NCCCc1ccccc1.I. The quantitative estimate of drug-likeness (QED) is 0.259. The lowest BCUT2D eigenvalue weighted by Gasteiger charge is -2.12. The van der Waals surface area contributed by atoms with Crippen LogP contribution in [0.4, 0.5) is 0 Å². The number of hydrogen-bond donors (Lipinski definition) is 2. The predicted molar refractivity (Wildman–Crippen MR) is 108 cm³/mol. The average Bonchev–Trinajstić information content (AvgIpc) is 3.38. The number of aryl methyl sites for hydroxylation is 1. The molecule has 1 aliphatic rings. The van der Waals surface area contributed by atoms with Crippen LogP contribution >= 0.6 is 24.0 Å². The van der Waals surface area contributed by atoms with Crippen molar-refractivity contribution in [1.29, 1.82) is 0 Å². The molecule has 1 aliphatic carbocycles. The van der Waals surface area contributed by atoms with E-state index >= 15 is 0 Å².